The lowest BCUT2D eigenvalue weighted by molar-refractivity contribution is -0.128. The lowest BCUT2D eigenvalue weighted by Gasteiger charge is -2.13. The van der Waals surface area contributed by atoms with Crippen LogP contribution in [0.2, 0.25) is 0 Å². The Kier molecular flexibility index (Phi) is 5.92. The normalized spacial score (nSPS) is 11.7. The highest BCUT2D eigenvalue weighted by Crippen LogP contribution is 2.27. The molecule has 0 aliphatic heterocycles. The predicted molar refractivity (Wildman–Crippen MR) is 103 cm³/mol. The number of carbonyl (C=O) groups is 3. The van der Waals surface area contributed by atoms with E-state index in [0.717, 1.165) is 5.56 Å². The molecule has 0 aliphatic rings. The van der Waals surface area contributed by atoms with Gasteiger partial charge in [-0.15, -0.1) is 0 Å². The van der Waals surface area contributed by atoms with Crippen molar-refractivity contribution >= 4 is 28.9 Å². The van der Waals surface area contributed by atoms with E-state index in [1.807, 2.05) is 30.3 Å². The van der Waals surface area contributed by atoms with Crippen molar-refractivity contribution in [3.8, 4) is 0 Å². The number of amides is 3. The second-order valence-corrected chi connectivity index (χ2v) is 6.38. The SMILES string of the molecule is Cc1c(C(=O)O[C@@H](C)C(=O)NC(=O)NCc2ccccc2)oc2c(F)cccc12. The maximum atomic E-state index is 13.8. The van der Waals surface area contributed by atoms with Crippen molar-refractivity contribution in [2.24, 2.45) is 0 Å². The van der Waals surface area contributed by atoms with Gasteiger partial charge >= 0.3 is 12.0 Å². The highest BCUT2D eigenvalue weighted by molar-refractivity contribution is 6.00. The van der Waals surface area contributed by atoms with Crippen molar-refractivity contribution in [3.05, 3.63) is 71.2 Å². The number of esters is 1. The molecule has 2 N–H and O–H groups in total. The van der Waals surface area contributed by atoms with Crippen LogP contribution in [-0.4, -0.2) is 24.0 Å². The Morgan fingerprint density at radius 1 is 1.10 bits per heavy atom. The summed E-state index contributed by atoms with van der Waals surface area (Å²) in [5.41, 5.74) is 1.20. The van der Waals surface area contributed by atoms with Crippen molar-refractivity contribution in [1.29, 1.82) is 0 Å². The Morgan fingerprint density at radius 2 is 1.83 bits per heavy atom. The van der Waals surface area contributed by atoms with Crippen LogP contribution in [0.3, 0.4) is 0 Å². The first-order valence-corrected chi connectivity index (χ1v) is 8.88. The molecule has 7 nitrogen and oxygen atoms in total. The molecular formula is C21H19FN2O5. The minimum atomic E-state index is -1.26. The fourth-order valence-corrected chi connectivity index (χ4v) is 2.71. The summed E-state index contributed by atoms with van der Waals surface area (Å²) in [6.45, 7) is 3.14. The van der Waals surface area contributed by atoms with Gasteiger partial charge in [0.1, 0.15) is 0 Å². The third-order valence-corrected chi connectivity index (χ3v) is 4.29. The number of furan rings is 1. The van der Waals surface area contributed by atoms with Crippen LogP contribution in [0.5, 0.6) is 0 Å². The average molecular weight is 398 g/mol. The number of aryl methyl sites for hydroxylation is 1. The van der Waals surface area contributed by atoms with Crippen LogP contribution in [-0.2, 0) is 16.1 Å². The van der Waals surface area contributed by atoms with Gasteiger partial charge in [0.2, 0.25) is 5.76 Å². The summed E-state index contributed by atoms with van der Waals surface area (Å²) in [6, 6.07) is 12.8. The molecule has 0 fully saturated rings. The Bertz CT molecular complexity index is 1060. The van der Waals surface area contributed by atoms with E-state index in [2.05, 4.69) is 10.6 Å². The molecular weight excluding hydrogens is 379 g/mol. The molecule has 8 heteroatoms. The zero-order valence-corrected chi connectivity index (χ0v) is 15.8. The van der Waals surface area contributed by atoms with Gasteiger partial charge in [0.05, 0.1) is 0 Å². The van der Waals surface area contributed by atoms with E-state index in [1.165, 1.54) is 19.1 Å². The lowest BCUT2D eigenvalue weighted by Crippen LogP contribution is -2.44. The van der Waals surface area contributed by atoms with Crippen molar-refractivity contribution < 1.29 is 27.9 Å². The fourth-order valence-electron chi connectivity index (χ4n) is 2.71. The van der Waals surface area contributed by atoms with Crippen LogP contribution >= 0.6 is 0 Å². The van der Waals surface area contributed by atoms with E-state index in [-0.39, 0.29) is 17.9 Å². The Hall–Kier alpha value is -3.68. The lowest BCUT2D eigenvalue weighted by atomic mass is 10.1. The van der Waals surface area contributed by atoms with Crippen molar-refractivity contribution in [2.75, 3.05) is 0 Å². The first-order valence-electron chi connectivity index (χ1n) is 8.88. The minimum Gasteiger partial charge on any atom is -0.447 e. The van der Waals surface area contributed by atoms with Gasteiger partial charge in [0.25, 0.3) is 5.91 Å². The molecule has 0 saturated carbocycles. The number of hydrogen-bond acceptors (Lipinski definition) is 5. The molecule has 0 radical (unpaired) electrons. The number of nitrogens with one attached hydrogen (secondary N) is 2. The average Bonchev–Trinajstić information content (AvgIpc) is 3.05. The smallest absolute Gasteiger partial charge is 0.375 e. The molecule has 3 aromatic rings. The molecule has 2 aromatic carbocycles. The van der Waals surface area contributed by atoms with Crippen LogP contribution in [0.25, 0.3) is 11.0 Å². The van der Waals surface area contributed by atoms with Gasteiger partial charge < -0.3 is 14.5 Å². The van der Waals surface area contributed by atoms with Gasteiger partial charge in [0.15, 0.2) is 17.5 Å². The zero-order valence-electron chi connectivity index (χ0n) is 15.8. The number of fused-ring (bicyclic) bond motifs is 1. The third-order valence-electron chi connectivity index (χ3n) is 4.29. The molecule has 3 amide bonds. The molecule has 0 bridgehead atoms. The summed E-state index contributed by atoms with van der Waals surface area (Å²) in [4.78, 5) is 36.3. The Morgan fingerprint density at radius 3 is 2.52 bits per heavy atom. The Balaban J connectivity index is 1.58. The number of hydrogen-bond donors (Lipinski definition) is 2. The van der Waals surface area contributed by atoms with E-state index in [4.69, 9.17) is 9.15 Å². The van der Waals surface area contributed by atoms with Crippen molar-refractivity contribution in [1.82, 2.24) is 10.6 Å². The van der Waals surface area contributed by atoms with E-state index in [0.29, 0.717) is 10.9 Å². The summed E-state index contributed by atoms with van der Waals surface area (Å²) in [7, 11) is 0. The molecule has 1 atom stereocenters. The van der Waals surface area contributed by atoms with E-state index < -0.39 is 29.8 Å². The molecule has 0 spiro atoms. The summed E-state index contributed by atoms with van der Waals surface area (Å²) < 4.78 is 24.2. The van der Waals surface area contributed by atoms with Gasteiger partial charge in [-0.3, -0.25) is 10.1 Å². The summed E-state index contributed by atoms with van der Waals surface area (Å²) in [5.74, 6) is -2.53. The van der Waals surface area contributed by atoms with Gasteiger partial charge in [0, 0.05) is 17.5 Å². The third kappa shape index (κ3) is 4.60. The second kappa shape index (κ2) is 8.55. The number of carbonyl (C=O) groups excluding carboxylic acids is 3. The molecule has 0 unspecified atom stereocenters. The van der Waals surface area contributed by atoms with Gasteiger partial charge in [-0.25, -0.2) is 14.0 Å². The topological polar surface area (TPSA) is 97.6 Å². The van der Waals surface area contributed by atoms with Crippen LogP contribution < -0.4 is 10.6 Å². The molecule has 1 aromatic heterocycles. The van der Waals surface area contributed by atoms with E-state index >= 15 is 0 Å². The summed E-state index contributed by atoms with van der Waals surface area (Å²) in [6.07, 6.45) is -1.26. The van der Waals surface area contributed by atoms with Crippen LogP contribution in [0.15, 0.2) is 52.9 Å². The molecule has 150 valence electrons. The molecule has 1 heterocycles. The zero-order chi connectivity index (χ0) is 21.0. The molecule has 3 rings (SSSR count). The maximum Gasteiger partial charge on any atom is 0.375 e. The van der Waals surface area contributed by atoms with E-state index in [9.17, 15) is 18.8 Å². The quantitative estimate of drug-likeness (QED) is 0.642. The number of para-hydroxylation sites is 1. The number of halogens is 1. The van der Waals surface area contributed by atoms with E-state index in [1.54, 1.807) is 13.0 Å². The van der Waals surface area contributed by atoms with Gasteiger partial charge in [-0.1, -0.05) is 42.5 Å². The standard InChI is InChI=1S/C21H19FN2O5/c1-12-15-9-6-10-16(22)18(15)29-17(12)20(26)28-13(2)19(25)24-21(27)23-11-14-7-4-3-5-8-14/h3-10,13H,11H2,1-2H3,(H2,23,24,25,27)/t13-/m0/s1. The molecule has 0 saturated heterocycles. The number of rotatable bonds is 5. The number of ether oxygens (including phenoxy) is 1. The highest BCUT2D eigenvalue weighted by atomic mass is 19.1. The molecule has 0 aliphatic carbocycles. The Labute approximate surface area is 165 Å². The first-order chi connectivity index (χ1) is 13.9. The summed E-state index contributed by atoms with van der Waals surface area (Å²) in [5, 5.41) is 5.07. The molecule has 29 heavy (non-hydrogen) atoms. The number of urea groups is 1. The fraction of sp³-hybridized carbons (Fsp3) is 0.190. The summed E-state index contributed by atoms with van der Waals surface area (Å²) >= 11 is 0. The van der Waals surface area contributed by atoms with Crippen LogP contribution in [0.4, 0.5) is 9.18 Å². The van der Waals surface area contributed by atoms with Gasteiger partial charge in [-0.2, -0.15) is 0 Å². The highest BCUT2D eigenvalue weighted by Gasteiger charge is 2.25. The maximum absolute atomic E-state index is 13.8. The van der Waals surface area contributed by atoms with Gasteiger partial charge in [-0.05, 0) is 25.5 Å². The monoisotopic (exact) mass is 398 g/mol. The second-order valence-electron chi connectivity index (χ2n) is 6.38. The van der Waals surface area contributed by atoms with Crippen LogP contribution in [0, 0.1) is 12.7 Å². The first kappa shape index (κ1) is 20.1. The van der Waals surface area contributed by atoms with Crippen molar-refractivity contribution in [3.63, 3.8) is 0 Å². The minimum absolute atomic E-state index is 0.0608. The predicted octanol–water partition coefficient (Wildman–Crippen LogP) is 3.45. The number of imide groups is 1. The van der Waals surface area contributed by atoms with Crippen LogP contribution in [0.1, 0.15) is 28.6 Å². The number of benzene rings is 2. The largest absolute Gasteiger partial charge is 0.447 e. The van der Waals surface area contributed by atoms with Crippen molar-refractivity contribution in [2.45, 2.75) is 26.5 Å².